The van der Waals surface area contributed by atoms with Crippen LogP contribution >= 0.6 is 0 Å². The van der Waals surface area contributed by atoms with Crippen molar-refractivity contribution in [2.24, 2.45) is 0 Å². The van der Waals surface area contributed by atoms with E-state index in [1.807, 2.05) is 31.2 Å². The average Bonchev–Trinajstić information content (AvgIpc) is 2.45. The van der Waals surface area contributed by atoms with E-state index in [-0.39, 0.29) is 12.0 Å². The SMILES string of the molecule is CCCOC1Cc2ccccc2NC1=O.O=C(O)C(=O)O. The Morgan fingerprint density at radius 2 is 1.90 bits per heavy atom. The van der Waals surface area contributed by atoms with Crippen molar-refractivity contribution >= 4 is 23.5 Å². The Labute approximate surface area is 121 Å². The first-order valence-electron chi connectivity index (χ1n) is 6.42. The van der Waals surface area contributed by atoms with Gasteiger partial charge in [-0.15, -0.1) is 0 Å². The lowest BCUT2D eigenvalue weighted by molar-refractivity contribution is -0.159. The first kappa shape index (κ1) is 16.6. The van der Waals surface area contributed by atoms with E-state index in [1.54, 1.807) is 0 Å². The van der Waals surface area contributed by atoms with Gasteiger partial charge < -0.3 is 20.3 Å². The molecular formula is C14H17NO6. The molecule has 1 amide bonds. The number of para-hydroxylation sites is 1. The standard InChI is InChI=1S/C12H15NO2.C2H2O4/c1-2-7-15-11-8-9-5-3-4-6-10(9)13-12(11)14;3-1(4)2(5)6/h3-6,11H,2,7-8H2,1H3,(H,13,14);(H,3,4)(H,5,6). The fraction of sp³-hybridized carbons (Fsp3) is 0.357. The summed E-state index contributed by atoms with van der Waals surface area (Å²) in [5.74, 6) is -3.67. The molecule has 114 valence electrons. The Morgan fingerprint density at radius 3 is 2.48 bits per heavy atom. The summed E-state index contributed by atoms with van der Waals surface area (Å²) in [4.78, 5) is 29.8. The Hall–Kier alpha value is -2.41. The van der Waals surface area contributed by atoms with E-state index in [0.717, 1.165) is 17.7 Å². The van der Waals surface area contributed by atoms with Crippen molar-refractivity contribution in [3.05, 3.63) is 29.8 Å². The number of carboxylic acids is 2. The van der Waals surface area contributed by atoms with E-state index in [2.05, 4.69) is 5.32 Å². The van der Waals surface area contributed by atoms with Crippen LogP contribution in [0, 0.1) is 0 Å². The minimum Gasteiger partial charge on any atom is -0.473 e. The van der Waals surface area contributed by atoms with E-state index in [9.17, 15) is 4.79 Å². The maximum Gasteiger partial charge on any atom is 0.414 e. The summed E-state index contributed by atoms with van der Waals surface area (Å²) in [5, 5.41) is 17.6. The number of fused-ring (bicyclic) bond motifs is 1. The summed E-state index contributed by atoms with van der Waals surface area (Å²) in [5.41, 5.74) is 2.07. The number of amides is 1. The summed E-state index contributed by atoms with van der Waals surface area (Å²) in [6.07, 6.45) is 1.30. The molecule has 0 spiro atoms. The lowest BCUT2D eigenvalue weighted by Gasteiger charge is -2.24. The molecule has 0 radical (unpaired) electrons. The Morgan fingerprint density at radius 1 is 1.29 bits per heavy atom. The van der Waals surface area contributed by atoms with Gasteiger partial charge in [0.1, 0.15) is 6.10 Å². The Balaban J connectivity index is 0.000000315. The maximum atomic E-state index is 11.6. The molecule has 7 heteroatoms. The Kier molecular flexibility index (Phi) is 6.35. The molecule has 1 aromatic rings. The predicted molar refractivity (Wildman–Crippen MR) is 74.1 cm³/mol. The van der Waals surface area contributed by atoms with Crippen LogP contribution in [0.3, 0.4) is 0 Å². The van der Waals surface area contributed by atoms with Crippen molar-refractivity contribution in [1.29, 1.82) is 0 Å². The molecule has 1 unspecified atom stereocenters. The minimum absolute atomic E-state index is 0.0258. The molecule has 0 aromatic heterocycles. The van der Waals surface area contributed by atoms with Crippen LogP contribution in [0.2, 0.25) is 0 Å². The summed E-state index contributed by atoms with van der Waals surface area (Å²) >= 11 is 0. The number of carbonyl (C=O) groups excluding carboxylic acids is 1. The highest BCUT2D eigenvalue weighted by atomic mass is 16.5. The van der Waals surface area contributed by atoms with Crippen LogP contribution in [0.15, 0.2) is 24.3 Å². The third-order valence-electron chi connectivity index (χ3n) is 2.68. The molecule has 2 rings (SSSR count). The highest BCUT2D eigenvalue weighted by molar-refractivity contribution is 6.27. The number of hydrogen-bond donors (Lipinski definition) is 3. The van der Waals surface area contributed by atoms with Gasteiger partial charge in [0.25, 0.3) is 5.91 Å². The highest BCUT2D eigenvalue weighted by Gasteiger charge is 2.25. The lowest BCUT2D eigenvalue weighted by Crippen LogP contribution is -2.36. The van der Waals surface area contributed by atoms with E-state index >= 15 is 0 Å². The van der Waals surface area contributed by atoms with Crippen LogP contribution in [0.5, 0.6) is 0 Å². The van der Waals surface area contributed by atoms with Crippen LogP contribution in [0.4, 0.5) is 5.69 Å². The Bertz CT molecular complexity index is 516. The number of aliphatic carboxylic acids is 2. The second kappa shape index (κ2) is 8.01. The zero-order chi connectivity index (χ0) is 15.8. The molecule has 1 aliphatic heterocycles. The van der Waals surface area contributed by atoms with Gasteiger partial charge in [0.05, 0.1) is 0 Å². The topological polar surface area (TPSA) is 113 Å². The smallest absolute Gasteiger partial charge is 0.414 e. The number of benzene rings is 1. The minimum atomic E-state index is -1.82. The average molecular weight is 295 g/mol. The van der Waals surface area contributed by atoms with Crippen molar-refractivity contribution in [2.75, 3.05) is 11.9 Å². The zero-order valence-corrected chi connectivity index (χ0v) is 11.5. The number of rotatable bonds is 3. The highest BCUT2D eigenvalue weighted by Crippen LogP contribution is 2.23. The summed E-state index contributed by atoms with van der Waals surface area (Å²) in [6, 6.07) is 7.85. The largest absolute Gasteiger partial charge is 0.473 e. The third kappa shape index (κ3) is 5.23. The molecule has 0 saturated heterocycles. The van der Waals surface area contributed by atoms with Crippen molar-refractivity contribution in [2.45, 2.75) is 25.9 Å². The molecular weight excluding hydrogens is 278 g/mol. The first-order valence-corrected chi connectivity index (χ1v) is 6.42. The third-order valence-corrected chi connectivity index (χ3v) is 2.68. The maximum absolute atomic E-state index is 11.6. The molecule has 1 aromatic carbocycles. The van der Waals surface area contributed by atoms with Gasteiger partial charge in [0.15, 0.2) is 0 Å². The monoisotopic (exact) mass is 295 g/mol. The van der Waals surface area contributed by atoms with Crippen LogP contribution in [-0.2, 0) is 25.5 Å². The molecule has 0 bridgehead atoms. The number of carbonyl (C=O) groups is 3. The van der Waals surface area contributed by atoms with Gasteiger partial charge in [0, 0.05) is 18.7 Å². The van der Waals surface area contributed by atoms with Crippen molar-refractivity contribution in [1.82, 2.24) is 0 Å². The molecule has 1 atom stereocenters. The number of carboxylic acid groups (broad SMARTS) is 2. The van der Waals surface area contributed by atoms with E-state index in [4.69, 9.17) is 24.5 Å². The second-order valence-electron chi connectivity index (χ2n) is 4.32. The van der Waals surface area contributed by atoms with Crippen LogP contribution < -0.4 is 5.32 Å². The van der Waals surface area contributed by atoms with Gasteiger partial charge >= 0.3 is 11.9 Å². The zero-order valence-electron chi connectivity index (χ0n) is 11.5. The molecule has 1 heterocycles. The van der Waals surface area contributed by atoms with Gasteiger partial charge in [-0.3, -0.25) is 4.79 Å². The van der Waals surface area contributed by atoms with E-state index in [0.29, 0.717) is 13.0 Å². The van der Waals surface area contributed by atoms with Crippen LogP contribution in [0.25, 0.3) is 0 Å². The fourth-order valence-corrected chi connectivity index (χ4v) is 1.72. The predicted octanol–water partition coefficient (Wildman–Crippen LogP) is 1.13. The summed E-state index contributed by atoms with van der Waals surface area (Å²) in [7, 11) is 0. The quantitative estimate of drug-likeness (QED) is 0.720. The second-order valence-corrected chi connectivity index (χ2v) is 4.32. The molecule has 1 aliphatic rings. The molecule has 0 saturated carbocycles. The van der Waals surface area contributed by atoms with Crippen molar-refractivity contribution < 1.29 is 29.3 Å². The van der Waals surface area contributed by atoms with Crippen LogP contribution in [0.1, 0.15) is 18.9 Å². The fourth-order valence-electron chi connectivity index (χ4n) is 1.72. The van der Waals surface area contributed by atoms with Gasteiger partial charge in [-0.2, -0.15) is 0 Å². The van der Waals surface area contributed by atoms with Crippen molar-refractivity contribution in [3.63, 3.8) is 0 Å². The lowest BCUT2D eigenvalue weighted by atomic mass is 10.0. The molecule has 7 nitrogen and oxygen atoms in total. The molecule has 21 heavy (non-hydrogen) atoms. The number of ether oxygens (including phenoxy) is 1. The number of nitrogens with one attached hydrogen (secondary N) is 1. The molecule has 0 aliphatic carbocycles. The van der Waals surface area contributed by atoms with E-state index in [1.165, 1.54) is 0 Å². The normalized spacial score (nSPS) is 16.0. The summed E-state index contributed by atoms with van der Waals surface area (Å²) in [6.45, 7) is 2.68. The van der Waals surface area contributed by atoms with Gasteiger partial charge in [-0.05, 0) is 18.1 Å². The molecule has 3 N–H and O–H groups in total. The van der Waals surface area contributed by atoms with Gasteiger partial charge in [0.2, 0.25) is 0 Å². The number of hydrogen-bond acceptors (Lipinski definition) is 4. The molecule has 0 fully saturated rings. The van der Waals surface area contributed by atoms with Gasteiger partial charge in [-0.1, -0.05) is 25.1 Å². The van der Waals surface area contributed by atoms with Gasteiger partial charge in [-0.25, -0.2) is 9.59 Å². The van der Waals surface area contributed by atoms with E-state index < -0.39 is 11.9 Å². The van der Waals surface area contributed by atoms with Crippen LogP contribution in [-0.4, -0.2) is 40.8 Å². The number of anilines is 1. The first-order chi connectivity index (χ1) is 9.95. The van der Waals surface area contributed by atoms with Crippen molar-refractivity contribution in [3.8, 4) is 0 Å². The summed E-state index contributed by atoms with van der Waals surface area (Å²) < 4.78 is 5.49.